The molecular formula is C81H140Na2O17P2. The predicted molar refractivity (Wildman–Crippen MR) is 404 cm³/mol. The van der Waals surface area contributed by atoms with Gasteiger partial charge in [0.25, 0.3) is 15.6 Å². The molecule has 0 radical (unpaired) electrons. The molecule has 0 aromatic rings. The minimum Gasteiger partial charge on any atom is -0.756 e. The van der Waals surface area contributed by atoms with Crippen LogP contribution in [0.25, 0.3) is 0 Å². The number of carbonyl (C=O) groups excluding carboxylic acids is 4. The van der Waals surface area contributed by atoms with E-state index in [0.29, 0.717) is 25.7 Å². The molecule has 0 bridgehead atoms. The number of phosphoric acid groups is 2. The molecule has 0 heterocycles. The Balaban J connectivity index is -0.0000490. The number of aliphatic hydroxyl groups excluding tert-OH is 1. The molecular weight excluding hydrogens is 1350 g/mol. The van der Waals surface area contributed by atoms with E-state index >= 15 is 0 Å². The van der Waals surface area contributed by atoms with E-state index in [1.165, 1.54) is 77.0 Å². The molecule has 0 saturated carbocycles. The van der Waals surface area contributed by atoms with Crippen LogP contribution in [0.1, 0.15) is 336 Å². The zero-order chi connectivity index (χ0) is 73.2. The summed E-state index contributed by atoms with van der Waals surface area (Å²) >= 11 is 0. The average molecular weight is 1490 g/mol. The van der Waals surface area contributed by atoms with Gasteiger partial charge in [0, 0.05) is 25.7 Å². The Kier molecular flexibility index (Phi) is 81.7. The van der Waals surface area contributed by atoms with Crippen LogP contribution in [-0.2, 0) is 65.4 Å². The van der Waals surface area contributed by atoms with E-state index in [0.717, 1.165) is 180 Å². The van der Waals surface area contributed by atoms with E-state index in [2.05, 4.69) is 125 Å². The zero-order valence-electron chi connectivity index (χ0n) is 65.0. The Morgan fingerprint density at radius 2 is 0.500 bits per heavy atom. The monoisotopic (exact) mass is 1490 g/mol. The van der Waals surface area contributed by atoms with E-state index in [9.17, 15) is 43.2 Å². The van der Waals surface area contributed by atoms with E-state index in [4.69, 9.17) is 37.0 Å². The maximum Gasteiger partial charge on any atom is 1.00 e. The molecule has 0 aliphatic rings. The molecule has 21 heteroatoms. The van der Waals surface area contributed by atoms with Crippen molar-refractivity contribution in [2.45, 2.75) is 354 Å². The fraction of sp³-hybridized carbons (Fsp3) is 0.753. The molecule has 0 amide bonds. The topological polar surface area (TPSA) is 243 Å². The van der Waals surface area contributed by atoms with E-state index in [1.807, 2.05) is 0 Å². The van der Waals surface area contributed by atoms with Crippen molar-refractivity contribution in [3.8, 4) is 0 Å². The van der Waals surface area contributed by atoms with Gasteiger partial charge in [0.05, 0.1) is 26.4 Å². The summed E-state index contributed by atoms with van der Waals surface area (Å²) in [4.78, 5) is 77.6. The Hall–Kier alpha value is -2.02. The van der Waals surface area contributed by atoms with Crippen molar-refractivity contribution in [1.29, 1.82) is 0 Å². The van der Waals surface area contributed by atoms with Crippen molar-refractivity contribution < 1.29 is 139 Å². The van der Waals surface area contributed by atoms with Crippen LogP contribution in [0, 0.1) is 0 Å². The van der Waals surface area contributed by atoms with Gasteiger partial charge in [-0.2, -0.15) is 0 Å². The smallest absolute Gasteiger partial charge is 0.756 e. The first-order valence-corrected chi connectivity index (χ1v) is 42.4. The second kappa shape index (κ2) is 80.0. The van der Waals surface area contributed by atoms with Crippen molar-refractivity contribution in [3.63, 3.8) is 0 Å². The third kappa shape index (κ3) is 79.0. The van der Waals surface area contributed by atoms with Crippen LogP contribution in [0.5, 0.6) is 0 Å². The normalized spacial score (nSPS) is 14.1. The molecule has 0 aliphatic carbocycles. The van der Waals surface area contributed by atoms with Crippen LogP contribution in [0.15, 0.2) is 97.2 Å². The molecule has 2 unspecified atom stereocenters. The van der Waals surface area contributed by atoms with Gasteiger partial charge in [0.15, 0.2) is 12.2 Å². The second-order valence-electron chi connectivity index (χ2n) is 26.2. The van der Waals surface area contributed by atoms with Crippen LogP contribution in [0.2, 0.25) is 0 Å². The van der Waals surface area contributed by atoms with Crippen molar-refractivity contribution in [3.05, 3.63) is 97.2 Å². The molecule has 4 atom stereocenters. The quantitative estimate of drug-likeness (QED) is 0.0149. The second-order valence-corrected chi connectivity index (χ2v) is 29.1. The minimum atomic E-state index is -5.25. The molecule has 0 aliphatic heterocycles. The molecule has 0 aromatic carbocycles. The number of hydrogen-bond donors (Lipinski definition) is 1. The van der Waals surface area contributed by atoms with Crippen LogP contribution in [0.3, 0.4) is 0 Å². The molecule has 0 saturated heterocycles. The maximum atomic E-state index is 13.0. The van der Waals surface area contributed by atoms with E-state index in [-0.39, 0.29) is 84.8 Å². The number of aliphatic hydroxyl groups is 1. The molecule has 0 spiro atoms. The molecule has 17 nitrogen and oxygen atoms in total. The van der Waals surface area contributed by atoms with Gasteiger partial charge in [0.1, 0.15) is 19.3 Å². The van der Waals surface area contributed by atoms with Crippen LogP contribution < -0.4 is 68.9 Å². The van der Waals surface area contributed by atoms with Gasteiger partial charge in [-0.1, -0.05) is 253 Å². The summed E-state index contributed by atoms with van der Waals surface area (Å²) in [6.07, 6.45) is 76.0. The summed E-state index contributed by atoms with van der Waals surface area (Å²) in [5.41, 5.74) is 0. The van der Waals surface area contributed by atoms with Crippen LogP contribution in [-0.4, -0.2) is 86.9 Å². The number of carbonyl (C=O) groups is 4. The molecule has 0 aromatic heterocycles. The number of allylic oxidation sites excluding steroid dienone is 16. The van der Waals surface area contributed by atoms with Crippen LogP contribution >= 0.6 is 15.6 Å². The molecule has 0 rings (SSSR count). The number of esters is 4. The van der Waals surface area contributed by atoms with Crippen molar-refractivity contribution in [2.75, 3.05) is 39.6 Å². The summed E-state index contributed by atoms with van der Waals surface area (Å²) in [5.74, 6) is -2.32. The van der Waals surface area contributed by atoms with Gasteiger partial charge in [-0.25, -0.2) is 0 Å². The van der Waals surface area contributed by atoms with Gasteiger partial charge >= 0.3 is 83.0 Å². The summed E-state index contributed by atoms with van der Waals surface area (Å²) in [6.45, 7) is 4.33. The fourth-order valence-corrected chi connectivity index (χ4v) is 11.9. The van der Waals surface area contributed by atoms with Gasteiger partial charge in [0.2, 0.25) is 0 Å². The molecule has 0 fully saturated rings. The van der Waals surface area contributed by atoms with E-state index < -0.39 is 97.5 Å². The van der Waals surface area contributed by atoms with Gasteiger partial charge in [-0.3, -0.25) is 28.3 Å². The minimum absolute atomic E-state index is 0. The van der Waals surface area contributed by atoms with Crippen LogP contribution in [0.4, 0.5) is 0 Å². The summed E-state index contributed by atoms with van der Waals surface area (Å²) < 4.78 is 67.7. The Morgan fingerprint density at radius 1 is 0.294 bits per heavy atom. The molecule has 1 N–H and O–H groups in total. The van der Waals surface area contributed by atoms with Crippen molar-refractivity contribution in [2.24, 2.45) is 0 Å². The first-order chi connectivity index (χ1) is 48.7. The summed E-state index contributed by atoms with van der Waals surface area (Å²) in [7, 11) is -10.5. The predicted octanol–water partition coefficient (Wildman–Crippen LogP) is 15.5. The van der Waals surface area contributed by atoms with Crippen molar-refractivity contribution >= 4 is 39.5 Å². The molecule has 578 valence electrons. The number of phosphoric ester groups is 2. The first kappa shape index (κ1) is 104. The number of ether oxygens (including phenoxy) is 4. The Morgan fingerprint density at radius 3 is 0.745 bits per heavy atom. The summed E-state index contributed by atoms with van der Waals surface area (Å²) in [6, 6.07) is 0. The molecule has 102 heavy (non-hydrogen) atoms. The number of rotatable bonds is 74. The van der Waals surface area contributed by atoms with Gasteiger partial charge < -0.3 is 51.9 Å². The number of unbranched alkanes of at least 4 members (excludes halogenated alkanes) is 32. The van der Waals surface area contributed by atoms with Gasteiger partial charge in [-0.15, -0.1) is 0 Å². The zero-order valence-corrected chi connectivity index (χ0v) is 70.8. The number of hydrogen-bond acceptors (Lipinski definition) is 17. The SMILES string of the molecule is CCCCCC=CCC=CCCCCCCCC(=O)OC[C@H](COP(=O)([O-])OCC(O)COP(=O)([O-])OC[C@@H](COC(=O)CCCCCCCC=CCC=CCCCCC)OC(=O)CCCCCCCC=CCC=CCCCCC)OC(=O)CCCCCCCC=CCC=CCCCCC.[Na+].[Na+]. The van der Waals surface area contributed by atoms with Crippen molar-refractivity contribution in [1.82, 2.24) is 0 Å². The van der Waals surface area contributed by atoms with E-state index in [1.54, 1.807) is 0 Å². The average Bonchev–Trinajstić information content (AvgIpc) is 0.927. The fourth-order valence-electron chi connectivity index (χ4n) is 10.4. The third-order valence-corrected chi connectivity index (χ3v) is 18.3. The summed E-state index contributed by atoms with van der Waals surface area (Å²) in [5, 5.41) is 10.6. The first-order valence-electron chi connectivity index (χ1n) is 39.4. The Bertz CT molecular complexity index is 2140. The third-order valence-electron chi connectivity index (χ3n) is 16.5. The van der Waals surface area contributed by atoms with Gasteiger partial charge in [-0.05, 0) is 154 Å². The largest absolute Gasteiger partial charge is 1.00 e. The maximum absolute atomic E-state index is 13.0. The standard InChI is InChI=1S/C81H142O17P2.2Na/c1-5-9-13-17-21-25-29-33-37-41-45-49-53-57-61-65-78(83)91-71-76(97-80(85)67-63-59-55-51-47-43-39-35-31-27-23-19-15-11-7-3)73-95-99(87,88)93-69-75(82)70-94-100(89,90)96-74-77(98-81(86)68-64-60-56-52-48-44-40-36-32-28-24-20-16-12-8-4)72-92-79(84)66-62-58-54-50-46-42-38-34-30-26-22-18-14-10-6-2;;/h21-28,33-40,75-77,82H,5-20,29-32,41-74H2,1-4H3,(H,87,88)(H,89,90);;/q;2*+1/p-2/t75?,76-,77-;;/m1../s1. The Labute approximate surface area is 664 Å².